The summed E-state index contributed by atoms with van der Waals surface area (Å²) >= 11 is 0. The zero-order valence-electron chi connectivity index (χ0n) is 12.5. The van der Waals surface area contributed by atoms with Crippen LogP contribution in [0, 0.1) is 5.92 Å². The van der Waals surface area contributed by atoms with Gasteiger partial charge in [0, 0.05) is 25.7 Å². The predicted octanol–water partition coefficient (Wildman–Crippen LogP) is 2.75. The van der Waals surface area contributed by atoms with E-state index < -0.39 is 0 Å². The SMILES string of the molecule is CCCC1CCN(c2cnc(CNC3CC3)cn2)CC1. The molecule has 3 rings (SSSR count). The monoisotopic (exact) mass is 274 g/mol. The van der Waals surface area contributed by atoms with Gasteiger partial charge in [-0.1, -0.05) is 19.8 Å². The highest BCUT2D eigenvalue weighted by Crippen LogP contribution is 2.24. The number of hydrogen-bond acceptors (Lipinski definition) is 4. The zero-order chi connectivity index (χ0) is 13.8. The minimum Gasteiger partial charge on any atom is -0.355 e. The lowest BCUT2D eigenvalue weighted by atomic mass is 9.92. The Bertz CT molecular complexity index is 405. The van der Waals surface area contributed by atoms with Crippen LogP contribution in [0.4, 0.5) is 5.82 Å². The molecule has 0 bridgehead atoms. The third-order valence-corrected chi connectivity index (χ3v) is 4.48. The summed E-state index contributed by atoms with van der Waals surface area (Å²) in [5, 5.41) is 3.48. The van der Waals surface area contributed by atoms with Gasteiger partial charge in [-0.25, -0.2) is 4.98 Å². The molecule has 0 unspecified atom stereocenters. The van der Waals surface area contributed by atoms with Gasteiger partial charge < -0.3 is 10.2 Å². The fourth-order valence-electron chi connectivity index (χ4n) is 3.00. The van der Waals surface area contributed by atoms with E-state index in [1.54, 1.807) is 0 Å². The summed E-state index contributed by atoms with van der Waals surface area (Å²) in [6, 6.07) is 0.731. The Morgan fingerprint density at radius 3 is 2.55 bits per heavy atom. The molecule has 1 saturated carbocycles. The Hall–Kier alpha value is -1.16. The van der Waals surface area contributed by atoms with Crippen molar-refractivity contribution >= 4 is 5.82 Å². The highest BCUT2D eigenvalue weighted by molar-refractivity contribution is 5.36. The smallest absolute Gasteiger partial charge is 0.147 e. The third kappa shape index (κ3) is 3.69. The van der Waals surface area contributed by atoms with Crippen molar-refractivity contribution in [2.24, 2.45) is 5.92 Å². The maximum atomic E-state index is 4.60. The number of hydrogen-bond donors (Lipinski definition) is 1. The summed E-state index contributed by atoms with van der Waals surface area (Å²) in [7, 11) is 0. The predicted molar refractivity (Wildman–Crippen MR) is 81.7 cm³/mol. The Labute approximate surface area is 122 Å². The molecule has 2 heterocycles. The van der Waals surface area contributed by atoms with Crippen LogP contribution in [-0.2, 0) is 6.54 Å². The van der Waals surface area contributed by atoms with Gasteiger partial charge in [0.25, 0.3) is 0 Å². The van der Waals surface area contributed by atoms with Crippen LogP contribution in [-0.4, -0.2) is 29.1 Å². The van der Waals surface area contributed by atoms with Gasteiger partial charge in [-0.15, -0.1) is 0 Å². The standard InChI is InChI=1S/C16H26N4/c1-2-3-13-6-8-20(9-7-13)16-12-18-15(11-19-16)10-17-14-4-5-14/h11-14,17H,2-10H2,1H3. The van der Waals surface area contributed by atoms with Gasteiger partial charge in [0.1, 0.15) is 5.82 Å². The van der Waals surface area contributed by atoms with E-state index in [0.717, 1.165) is 43.1 Å². The van der Waals surface area contributed by atoms with Crippen molar-refractivity contribution in [3.63, 3.8) is 0 Å². The van der Waals surface area contributed by atoms with E-state index >= 15 is 0 Å². The van der Waals surface area contributed by atoms with E-state index in [9.17, 15) is 0 Å². The highest BCUT2D eigenvalue weighted by Gasteiger charge is 2.21. The maximum Gasteiger partial charge on any atom is 0.147 e. The Kier molecular flexibility index (Phi) is 4.51. The lowest BCUT2D eigenvalue weighted by Gasteiger charge is -2.32. The molecular weight excluding hydrogens is 248 g/mol. The molecule has 0 aromatic carbocycles. The van der Waals surface area contributed by atoms with E-state index in [-0.39, 0.29) is 0 Å². The molecular formula is C16H26N4. The number of rotatable bonds is 6. The molecule has 1 saturated heterocycles. The minimum absolute atomic E-state index is 0.731. The molecule has 2 aliphatic rings. The number of nitrogens with zero attached hydrogens (tertiary/aromatic N) is 3. The van der Waals surface area contributed by atoms with E-state index in [1.165, 1.54) is 38.5 Å². The molecule has 0 atom stereocenters. The molecule has 1 aromatic heterocycles. The number of aromatic nitrogens is 2. The van der Waals surface area contributed by atoms with Crippen LogP contribution in [0.3, 0.4) is 0 Å². The van der Waals surface area contributed by atoms with Crippen molar-refractivity contribution in [2.45, 2.75) is 58.0 Å². The van der Waals surface area contributed by atoms with Crippen LogP contribution in [0.2, 0.25) is 0 Å². The van der Waals surface area contributed by atoms with Crippen LogP contribution >= 0.6 is 0 Å². The molecule has 110 valence electrons. The molecule has 4 nitrogen and oxygen atoms in total. The van der Waals surface area contributed by atoms with Gasteiger partial charge in [-0.05, 0) is 31.6 Å². The summed E-state index contributed by atoms with van der Waals surface area (Å²) in [5.41, 5.74) is 1.06. The Balaban J connectivity index is 1.49. The highest BCUT2D eigenvalue weighted by atomic mass is 15.2. The average molecular weight is 274 g/mol. The second kappa shape index (κ2) is 6.53. The van der Waals surface area contributed by atoms with Crippen LogP contribution in [0.15, 0.2) is 12.4 Å². The summed E-state index contributed by atoms with van der Waals surface area (Å²) in [6.07, 6.45) is 11.8. The molecule has 20 heavy (non-hydrogen) atoms. The fourth-order valence-corrected chi connectivity index (χ4v) is 3.00. The lowest BCUT2D eigenvalue weighted by molar-refractivity contribution is 0.377. The quantitative estimate of drug-likeness (QED) is 0.866. The average Bonchev–Trinajstić information content (AvgIpc) is 3.31. The van der Waals surface area contributed by atoms with Crippen LogP contribution in [0.1, 0.15) is 51.1 Å². The van der Waals surface area contributed by atoms with Gasteiger partial charge in [-0.2, -0.15) is 0 Å². The van der Waals surface area contributed by atoms with E-state index in [2.05, 4.69) is 27.1 Å². The fraction of sp³-hybridized carbons (Fsp3) is 0.750. The normalized spacial score (nSPS) is 20.4. The first-order valence-electron chi connectivity index (χ1n) is 8.14. The van der Waals surface area contributed by atoms with Gasteiger partial charge >= 0.3 is 0 Å². The molecule has 2 fully saturated rings. The molecule has 0 amide bonds. The zero-order valence-corrected chi connectivity index (χ0v) is 12.5. The Morgan fingerprint density at radius 2 is 1.95 bits per heavy atom. The summed E-state index contributed by atoms with van der Waals surface area (Å²) < 4.78 is 0. The van der Waals surface area contributed by atoms with Crippen LogP contribution < -0.4 is 10.2 Å². The second-order valence-corrected chi connectivity index (χ2v) is 6.24. The number of anilines is 1. The molecule has 0 spiro atoms. The van der Waals surface area contributed by atoms with Crippen LogP contribution in [0.25, 0.3) is 0 Å². The van der Waals surface area contributed by atoms with E-state index in [1.807, 2.05) is 12.4 Å². The lowest BCUT2D eigenvalue weighted by Crippen LogP contribution is -2.34. The first-order chi connectivity index (χ1) is 9.85. The van der Waals surface area contributed by atoms with Crippen LogP contribution in [0.5, 0.6) is 0 Å². The molecule has 1 aromatic rings. The van der Waals surface area contributed by atoms with Crippen molar-refractivity contribution in [2.75, 3.05) is 18.0 Å². The largest absolute Gasteiger partial charge is 0.355 e. The number of nitrogens with one attached hydrogen (secondary N) is 1. The van der Waals surface area contributed by atoms with Crippen molar-refractivity contribution in [3.8, 4) is 0 Å². The van der Waals surface area contributed by atoms with E-state index in [0.29, 0.717) is 0 Å². The number of piperidine rings is 1. The molecule has 4 heteroatoms. The first kappa shape index (κ1) is 13.8. The topological polar surface area (TPSA) is 41.1 Å². The van der Waals surface area contributed by atoms with Gasteiger partial charge in [0.2, 0.25) is 0 Å². The van der Waals surface area contributed by atoms with Crippen molar-refractivity contribution in [1.82, 2.24) is 15.3 Å². The minimum atomic E-state index is 0.731. The van der Waals surface area contributed by atoms with E-state index in [4.69, 9.17) is 0 Å². The summed E-state index contributed by atoms with van der Waals surface area (Å²) in [5.74, 6) is 1.97. The second-order valence-electron chi connectivity index (χ2n) is 6.24. The van der Waals surface area contributed by atoms with Crippen molar-refractivity contribution in [3.05, 3.63) is 18.1 Å². The molecule has 1 aliphatic carbocycles. The third-order valence-electron chi connectivity index (χ3n) is 4.48. The summed E-state index contributed by atoms with van der Waals surface area (Å²) in [4.78, 5) is 11.5. The van der Waals surface area contributed by atoms with Gasteiger partial charge in [-0.3, -0.25) is 4.98 Å². The Morgan fingerprint density at radius 1 is 1.15 bits per heavy atom. The van der Waals surface area contributed by atoms with Gasteiger partial charge in [0.05, 0.1) is 18.1 Å². The summed E-state index contributed by atoms with van der Waals surface area (Å²) in [6.45, 7) is 5.42. The maximum absolute atomic E-state index is 4.60. The molecule has 1 aliphatic heterocycles. The molecule has 1 N–H and O–H groups in total. The molecule has 0 radical (unpaired) electrons. The first-order valence-corrected chi connectivity index (χ1v) is 8.14. The van der Waals surface area contributed by atoms with Gasteiger partial charge in [0.15, 0.2) is 0 Å². The van der Waals surface area contributed by atoms with Crippen molar-refractivity contribution < 1.29 is 0 Å². The van der Waals surface area contributed by atoms with Crippen molar-refractivity contribution in [1.29, 1.82) is 0 Å².